The summed E-state index contributed by atoms with van der Waals surface area (Å²) in [6.07, 6.45) is 0. The molecule has 0 N–H and O–H groups in total. The molecular formula is C70H48N6S. The second-order valence-electron chi connectivity index (χ2n) is 19.4. The van der Waals surface area contributed by atoms with Crippen molar-refractivity contribution in [2.75, 3.05) is 14.7 Å². The van der Waals surface area contributed by atoms with Crippen LogP contribution in [0.4, 0.5) is 51.2 Å². The summed E-state index contributed by atoms with van der Waals surface area (Å²) in [7, 11) is 0. The number of hydrogen-bond donors (Lipinski definition) is 0. The number of rotatable bonds is 10. The highest BCUT2D eigenvalue weighted by Gasteiger charge is 2.31. The summed E-state index contributed by atoms with van der Waals surface area (Å²) in [4.78, 5) is 9.35. The van der Waals surface area contributed by atoms with E-state index in [0.29, 0.717) is 11.1 Å². The fourth-order valence-electron chi connectivity index (χ4n) is 11.0. The Balaban J connectivity index is 1.18. The third-order valence-electron chi connectivity index (χ3n) is 14.4. The van der Waals surface area contributed by atoms with E-state index in [9.17, 15) is 10.5 Å². The van der Waals surface area contributed by atoms with Gasteiger partial charge in [0, 0.05) is 60.3 Å². The molecule has 0 spiro atoms. The number of nitriles is 2. The first-order valence-electron chi connectivity index (χ1n) is 25.7. The van der Waals surface area contributed by atoms with Crippen LogP contribution in [-0.4, -0.2) is 4.57 Å². The molecular weight excluding hydrogens is 957 g/mol. The molecule has 1 aliphatic heterocycles. The van der Waals surface area contributed by atoms with Crippen molar-refractivity contribution in [2.45, 2.75) is 23.6 Å². The van der Waals surface area contributed by atoms with Gasteiger partial charge >= 0.3 is 0 Å². The summed E-state index contributed by atoms with van der Waals surface area (Å²) in [5, 5.41) is 23.0. The zero-order valence-corrected chi connectivity index (χ0v) is 43.2. The molecule has 0 unspecified atom stereocenters. The van der Waals surface area contributed by atoms with Crippen LogP contribution in [0.25, 0.3) is 49.7 Å². The Hall–Kier alpha value is -10.1. The molecule has 0 fully saturated rings. The number of para-hydroxylation sites is 4. The highest BCUT2D eigenvalue weighted by Crippen LogP contribution is 2.56. The van der Waals surface area contributed by atoms with Gasteiger partial charge in [-0.1, -0.05) is 121 Å². The number of hydrogen-bond acceptors (Lipinski definition) is 6. The normalized spacial score (nSPS) is 11.7. The maximum atomic E-state index is 10.6. The fraction of sp³-hybridized carbons (Fsp3) is 0.0286. The molecule has 0 amide bonds. The molecule has 12 aromatic rings. The first kappa shape index (κ1) is 46.7. The van der Waals surface area contributed by atoms with Gasteiger partial charge in [0.25, 0.3) is 0 Å². The Kier molecular flexibility index (Phi) is 11.9. The number of anilines is 9. The molecule has 2 heterocycles. The molecule has 77 heavy (non-hydrogen) atoms. The van der Waals surface area contributed by atoms with Crippen LogP contribution in [-0.2, 0) is 0 Å². The van der Waals surface area contributed by atoms with E-state index in [2.05, 4.69) is 264 Å². The molecule has 0 atom stereocenters. The Bertz CT molecular complexity index is 4040. The van der Waals surface area contributed by atoms with Crippen molar-refractivity contribution in [3.8, 4) is 40.1 Å². The lowest BCUT2D eigenvalue weighted by Gasteiger charge is -2.36. The smallest absolute Gasteiger partial charge is 0.0991 e. The predicted molar refractivity (Wildman–Crippen MR) is 319 cm³/mol. The van der Waals surface area contributed by atoms with Crippen LogP contribution >= 0.6 is 11.8 Å². The maximum absolute atomic E-state index is 10.6. The van der Waals surface area contributed by atoms with Gasteiger partial charge in [-0.2, -0.15) is 10.5 Å². The summed E-state index contributed by atoms with van der Waals surface area (Å²) >= 11 is 1.79. The van der Waals surface area contributed by atoms with Crippen molar-refractivity contribution in [1.29, 1.82) is 10.5 Å². The van der Waals surface area contributed by atoms with Crippen molar-refractivity contribution in [1.82, 2.24) is 4.57 Å². The van der Waals surface area contributed by atoms with Crippen LogP contribution in [0.2, 0.25) is 0 Å². The molecule has 1 aliphatic rings. The van der Waals surface area contributed by atoms with Gasteiger partial charge in [0.15, 0.2) is 0 Å². The minimum atomic E-state index is 0.562. The number of benzene rings is 11. The monoisotopic (exact) mass is 1000 g/mol. The molecule has 0 saturated heterocycles. The van der Waals surface area contributed by atoms with Crippen LogP contribution in [0.3, 0.4) is 0 Å². The number of aryl methyl sites for hydroxylation is 2. The Labute approximate surface area is 452 Å². The lowest BCUT2D eigenvalue weighted by atomic mass is 9.93. The maximum Gasteiger partial charge on any atom is 0.0991 e. The van der Waals surface area contributed by atoms with Crippen LogP contribution in [0.5, 0.6) is 0 Å². The van der Waals surface area contributed by atoms with E-state index in [1.165, 1.54) is 11.1 Å². The van der Waals surface area contributed by atoms with Gasteiger partial charge in [-0.25, -0.2) is 0 Å². The molecule has 6 nitrogen and oxygen atoms in total. The SMILES string of the molecule is Cc1ccc2c(c1)Sc1cc(C)ccc1N2c1cc(-c2cccc(C#N)c2)cc(-n2c3ccc(N(c4ccccc4)c4ccccc4)cc3c3cc(N(c4ccccc4)c4ccccc4)ccc32)c1-c1cccc(C#N)c1. The largest absolute Gasteiger partial charge is 0.310 e. The Morgan fingerprint density at radius 1 is 0.351 bits per heavy atom. The average Bonchev–Trinajstić information content (AvgIpc) is 4.06. The third-order valence-corrected chi connectivity index (χ3v) is 15.5. The topological polar surface area (TPSA) is 62.2 Å². The summed E-state index contributed by atoms with van der Waals surface area (Å²) in [6.45, 7) is 4.29. The van der Waals surface area contributed by atoms with Crippen molar-refractivity contribution in [3.63, 3.8) is 0 Å². The van der Waals surface area contributed by atoms with E-state index >= 15 is 0 Å². The molecule has 0 saturated carbocycles. The summed E-state index contributed by atoms with van der Waals surface area (Å²) in [6, 6.07) is 94.6. The van der Waals surface area contributed by atoms with E-state index in [1.54, 1.807) is 11.8 Å². The van der Waals surface area contributed by atoms with Gasteiger partial charge in [0.05, 0.1) is 57.0 Å². The number of aromatic nitrogens is 1. The second-order valence-corrected chi connectivity index (χ2v) is 20.5. The van der Waals surface area contributed by atoms with Crippen LogP contribution in [0.15, 0.2) is 265 Å². The minimum absolute atomic E-state index is 0.562. The molecule has 7 heteroatoms. The van der Waals surface area contributed by atoms with Gasteiger partial charge in [0.1, 0.15) is 0 Å². The van der Waals surface area contributed by atoms with Crippen molar-refractivity contribution >= 4 is 84.8 Å². The molecule has 11 aromatic carbocycles. The summed E-state index contributed by atoms with van der Waals surface area (Å²) < 4.78 is 2.42. The number of nitrogens with zero attached hydrogens (tertiary/aromatic N) is 6. The van der Waals surface area contributed by atoms with Crippen LogP contribution < -0.4 is 14.7 Å². The zero-order chi connectivity index (χ0) is 52.0. The molecule has 0 aliphatic carbocycles. The van der Waals surface area contributed by atoms with Crippen molar-refractivity contribution in [3.05, 3.63) is 277 Å². The summed E-state index contributed by atoms with van der Waals surface area (Å²) in [5.74, 6) is 0. The lowest BCUT2D eigenvalue weighted by molar-refractivity contribution is 1.13. The van der Waals surface area contributed by atoms with Crippen LogP contribution in [0.1, 0.15) is 22.3 Å². The van der Waals surface area contributed by atoms with Gasteiger partial charge in [-0.3, -0.25) is 0 Å². The van der Waals surface area contributed by atoms with Gasteiger partial charge < -0.3 is 19.3 Å². The van der Waals surface area contributed by atoms with Gasteiger partial charge in [-0.15, -0.1) is 0 Å². The first-order valence-corrected chi connectivity index (χ1v) is 26.5. The fourth-order valence-corrected chi connectivity index (χ4v) is 12.2. The molecule has 13 rings (SSSR count). The highest BCUT2D eigenvalue weighted by atomic mass is 32.2. The quantitative estimate of drug-likeness (QED) is 0.136. The van der Waals surface area contributed by atoms with Crippen LogP contribution in [0, 0.1) is 36.5 Å². The van der Waals surface area contributed by atoms with E-state index < -0.39 is 0 Å². The van der Waals surface area contributed by atoms with E-state index in [-0.39, 0.29) is 0 Å². The zero-order valence-electron chi connectivity index (χ0n) is 42.3. The first-order chi connectivity index (χ1) is 37.9. The van der Waals surface area contributed by atoms with E-state index in [0.717, 1.165) is 111 Å². The third kappa shape index (κ3) is 8.52. The highest BCUT2D eigenvalue weighted by molar-refractivity contribution is 7.99. The van der Waals surface area contributed by atoms with E-state index in [1.807, 2.05) is 36.4 Å². The molecule has 364 valence electrons. The minimum Gasteiger partial charge on any atom is -0.310 e. The average molecular weight is 1010 g/mol. The number of fused-ring (bicyclic) bond motifs is 5. The molecule has 1 aromatic heterocycles. The van der Waals surface area contributed by atoms with Crippen molar-refractivity contribution < 1.29 is 0 Å². The standard InChI is InChI=1S/C70H48N6S/c1-47-29-33-64-68(37-47)77-69-38-48(2)30-34-65(69)76(64)67-42-53(51-19-15-17-49(39-51)45-71)41-66(70(67)52-20-16-18-50(40-52)46-72)75-62-35-31-58(73(54-21-7-3-8-22-54)55-23-9-4-10-24-55)43-60(62)61-44-59(32-36-63(61)75)74(56-25-11-5-12-26-56)57-27-13-6-14-28-57/h3-44H,1-2H3. The molecule has 0 bridgehead atoms. The second kappa shape index (κ2) is 19.7. The predicted octanol–water partition coefficient (Wildman–Crippen LogP) is 19.4. The van der Waals surface area contributed by atoms with Crippen molar-refractivity contribution in [2.24, 2.45) is 0 Å². The van der Waals surface area contributed by atoms with Gasteiger partial charge in [0.2, 0.25) is 0 Å². The molecule has 0 radical (unpaired) electrons. The lowest BCUT2D eigenvalue weighted by Crippen LogP contribution is -2.17. The Morgan fingerprint density at radius 3 is 1.23 bits per heavy atom. The Morgan fingerprint density at radius 2 is 0.779 bits per heavy atom. The van der Waals surface area contributed by atoms with E-state index in [4.69, 9.17) is 0 Å². The van der Waals surface area contributed by atoms with Gasteiger partial charge in [-0.05, 0) is 187 Å². The summed E-state index contributed by atoms with van der Waals surface area (Å²) in [5.41, 5.74) is 19.4.